The van der Waals surface area contributed by atoms with Crippen LogP contribution in [0.5, 0.6) is 5.75 Å². The van der Waals surface area contributed by atoms with E-state index >= 15 is 0 Å². The summed E-state index contributed by atoms with van der Waals surface area (Å²) in [5.74, 6) is -0.511. The van der Waals surface area contributed by atoms with Crippen LogP contribution in [0, 0.1) is 4.77 Å². The second-order valence-electron chi connectivity index (χ2n) is 8.17. The van der Waals surface area contributed by atoms with Gasteiger partial charge in [0.15, 0.2) is 4.77 Å². The van der Waals surface area contributed by atoms with Gasteiger partial charge >= 0.3 is 5.97 Å². The van der Waals surface area contributed by atoms with Crippen LogP contribution in [0.2, 0.25) is 0 Å². The Labute approximate surface area is 218 Å². The van der Waals surface area contributed by atoms with Crippen molar-refractivity contribution in [1.29, 1.82) is 0 Å². The normalized spacial score (nSPS) is 10.9. The minimum absolute atomic E-state index is 0.182. The van der Waals surface area contributed by atoms with Crippen LogP contribution in [0.1, 0.15) is 21.5 Å². The maximum atomic E-state index is 13.1. The number of aromatic amines is 1. The maximum absolute atomic E-state index is 13.1. The Balaban J connectivity index is 1.62. The minimum atomic E-state index is -0.952. The number of H-pyrrole nitrogens is 1. The molecule has 0 spiro atoms. The Morgan fingerprint density at radius 2 is 1.92 bits per heavy atom. The molecule has 3 N–H and O–H groups in total. The maximum Gasteiger partial charge on any atom is 0.323 e. The van der Waals surface area contributed by atoms with Gasteiger partial charge in [-0.2, -0.15) is 5.10 Å². The molecule has 10 heteroatoms. The molecule has 37 heavy (non-hydrogen) atoms. The molecule has 1 heterocycles. The van der Waals surface area contributed by atoms with Crippen LogP contribution in [0.3, 0.4) is 0 Å². The number of methoxy groups -OCH3 is 1. The van der Waals surface area contributed by atoms with E-state index in [1.165, 1.54) is 0 Å². The number of aromatic nitrogens is 3. The number of carbonyl (C=O) groups is 2. The molecular weight excluding hydrogens is 490 g/mol. The summed E-state index contributed by atoms with van der Waals surface area (Å²) in [4.78, 5) is 26.0. The Morgan fingerprint density at radius 3 is 2.59 bits per heavy atom. The molecule has 0 saturated heterocycles. The number of rotatable bonds is 9. The van der Waals surface area contributed by atoms with E-state index in [1.54, 1.807) is 60.3 Å². The van der Waals surface area contributed by atoms with Crippen LogP contribution < -0.4 is 15.0 Å². The van der Waals surface area contributed by atoms with Gasteiger partial charge in [0.05, 0.1) is 12.8 Å². The Hall–Kier alpha value is -4.70. The number of carboxylic acid groups (broad SMARTS) is 1. The predicted molar refractivity (Wildman–Crippen MR) is 146 cm³/mol. The molecule has 3 aromatic carbocycles. The van der Waals surface area contributed by atoms with Crippen molar-refractivity contribution in [1.82, 2.24) is 14.8 Å². The average Bonchev–Trinajstić information content (AvgIpc) is 3.33. The van der Waals surface area contributed by atoms with E-state index in [4.69, 9.17) is 17.0 Å². The van der Waals surface area contributed by atoms with E-state index in [-0.39, 0.29) is 12.5 Å². The van der Waals surface area contributed by atoms with Crippen LogP contribution in [-0.4, -0.2) is 52.4 Å². The number of anilines is 2. The fraction of sp³-hybridized carbons (Fsp3) is 0.111. The van der Waals surface area contributed by atoms with Crippen molar-refractivity contribution in [2.45, 2.75) is 0 Å². The zero-order valence-electron chi connectivity index (χ0n) is 20.2. The third-order valence-corrected chi connectivity index (χ3v) is 5.87. The SMILES string of the molecule is COc1ccc(/C=C/c2cc(C(=O)Nc3cccc(-n4cn[nH]c4=S)c3)ccc2N(C)CC(=O)O)cc1. The van der Waals surface area contributed by atoms with Crippen molar-refractivity contribution < 1.29 is 19.4 Å². The summed E-state index contributed by atoms with van der Waals surface area (Å²) in [5, 5.41) is 18.8. The van der Waals surface area contributed by atoms with Crippen molar-refractivity contribution in [3.05, 3.63) is 94.5 Å². The number of ether oxygens (including phenoxy) is 1. The number of aliphatic carboxylic acids is 1. The third-order valence-electron chi connectivity index (χ3n) is 5.58. The molecule has 0 radical (unpaired) electrons. The van der Waals surface area contributed by atoms with E-state index in [0.29, 0.717) is 27.3 Å². The molecule has 1 aromatic heterocycles. The van der Waals surface area contributed by atoms with Gasteiger partial charge in [0, 0.05) is 24.0 Å². The molecule has 0 fully saturated rings. The first-order valence-corrected chi connectivity index (χ1v) is 11.7. The van der Waals surface area contributed by atoms with Crippen molar-refractivity contribution in [2.24, 2.45) is 0 Å². The number of benzene rings is 3. The van der Waals surface area contributed by atoms with Gasteiger partial charge < -0.3 is 20.1 Å². The van der Waals surface area contributed by atoms with Gasteiger partial charge in [-0.1, -0.05) is 30.4 Å². The lowest BCUT2D eigenvalue weighted by atomic mass is 10.0. The molecule has 0 atom stereocenters. The minimum Gasteiger partial charge on any atom is -0.497 e. The fourth-order valence-electron chi connectivity index (χ4n) is 3.73. The van der Waals surface area contributed by atoms with Crippen LogP contribution in [-0.2, 0) is 4.79 Å². The number of carboxylic acids is 1. The molecule has 0 bridgehead atoms. The van der Waals surface area contributed by atoms with Gasteiger partial charge in [-0.3, -0.25) is 19.3 Å². The highest BCUT2D eigenvalue weighted by Gasteiger charge is 2.14. The summed E-state index contributed by atoms with van der Waals surface area (Å²) in [5.41, 5.74) is 4.08. The smallest absolute Gasteiger partial charge is 0.323 e. The van der Waals surface area contributed by atoms with Crippen LogP contribution in [0.25, 0.3) is 17.8 Å². The average molecular weight is 516 g/mol. The lowest BCUT2D eigenvalue weighted by molar-refractivity contribution is -0.135. The van der Waals surface area contributed by atoms with E-state index < -0.39 is 5.97 Å². The Bertz CT molecular complexity index is 1510. The summed E-state index contributed by atoms with van der Waals surface area (Å²) in [7, 11) is 3.30. The van der Waals surface area contributed by atoms with E-state index in [2.05, 4.69) is 15.5 Å². The van der Waals surface area contributed by atoms with E-state index in [9.17, 15) is 14.7 Å². The highest BCUT2D eigenvalue weighted by molar-refractivity contribution is 7.71. The lowest BCUT2D eigenvalue weighted by Crippen LogP contribution is -2.26. The number of hydrogen-bond donors (Lipinski definition) is 3. The predicted octanol–water partition coefficient (Wildman–Crippen LogP) is 4.88. The van der Waals surface area contributed by atoms with Gasteiger partial charge in [0.25, 0.3) is 5.91 Å². The van der Waals surface area contributed by atoms with Gasteiger partial charge in [-0.25, -0.2) is 0 Å². The molecule has 0 saturated carbocycles. The number of hydrogen-bond acceptors (Lipinski definition) is 6. The molecule has 4 aromatic rings. The highest BCUT2D eigenvalue weighted by Crippen LogP contribution is 2.25. The van der Waals surface area contributed by atoms with Crippen molar-refractivity contribution in [3.8, 4) is 11.4 Å². The van der Waals surface area contributed by atoms with Crippen LogP contribution in [0.15, 0.2) is 73.1 Å². The summed E-state index contributed by atoms with van der Waals surface area (Å²) in [6.07, 6.45) is 5.32. The molecule has 0 unspecified atom stereocenters. The highest BCUT2D eigenvalue weighted by atomic mass is 32.1. The van der Waals surface area contributed by atoms with Crippen LogP contribution >= 0.6 is 12.2 Å². The molecular formula is C27H25N5O4S. The molecule has 0 aliphatic rings. The Morgan fingerprint density at radius 1 is 1.14 bits per heavy atom. The van der Waals surface area contributed by atoms with Gasteiger partial charge in [-0.05, 0) is 71.9 Å². The zero-order chi connectivity index (χ0) is 26.4. The number of likely N-dealkylation sites (N-methyl/N-ethyl adjacent to an activating group) is 1. The third kappa shape index (κ3) is 6.30. The summed E-state index contributed by atoms with van der Waals surface area (Å²) < 4.78 is 7.34. The first-order valence-electron chi connectivity index (χ1n) is 11.3. The van der Waals surface area contributed by atoms with Crippen molar-refractivity contribution in [3.63, 3.8) is 0 Å². The van der Waals surface area contributed by atoms with Crippen LogP contribution in [0.4, 0.5) is 11.4 Å². The first-order chi connectivity index (χ1) is 17.8. The fourth-order valence-corrected chi connectivity index (χ4v) is 3.94. The molecule has 1 amide bonds. The number of carbonyl (C=O) groups excluding carboxylic acids is 1. The number of nitrogens with one attached hydrogen (secondary N) is 2. The van der Waals surface area contributed by atoms with Gasteiger partial charge in [-0.15, -0.1) is 0 Å². The summed E-state index contributed by atoms with van der Waals surface area (Å²) in [6.45, 7) is -0.182. The standard InChI is InChI=1S/C27H25N5O4S/c1-31(16-25(33)34)24-13-10-20(14-19(24)9-6-18-7-11-23(36-2)12-8-18)26(35)29-21-4-3-5-22(15-21)32-17-28-30-27(32)37/h3-15,17H,16H2,1-2H3,(H,29,35)(H,30,37)(H,33,34)/b9-6+. The zero-order valence-corrected chi connectivity index (χ0v) is 21.0. The molecule has 9 nitrogen and oxygen atoms in total. The quantitative estimate of drug-likeness (QED) is 0.215. The van der Waals surface area contributed by atoms with E-state index in [0.717, 1.165) is 17.0 Å². The molecule has 4 rings (SSSR count). The van der Waals surface area contributed by atoms with Crippen molar-refractivity contribution >= 4 is 47.6 Å². The molecule has 0 aliphatic heterocycles. The molecule has 188 valence electrons. The Kier molecular flexibility index (Phi) is 7.80. The number of nitrogens with zero attached hydrogens (tertiary/aromatic N) is 3. The topological polar surface area (TPSA) is 112 Å². The lowest BCUT2D eigenvalue weighted by Gasteiger charge is -2.20. The monoisotopic (exact) mass is 515 g/mol. The summed E-state index contributed by atoms with van der Waals surface area (Å²) >= 11 is 5.23. The second kappa shape index (κ2) is 11.4. The number of amides is 1. The second-order valence-corrected chi connectivity index (χ2v) is 8.55. The van der Waals surface area contributed by atoms with Crippen molar-refractivity contribution in [2.75, 3.05) is 30.9 Å². The first kappa shape index (κ1) is 25.4. The van der Waals surface area contributed by atoms with E-state index in [1.807, 2.05) is 48.6 Å². The summed E-state index contributed by atoms with van der Waals surface area (Å²) in [6, 6.07) is 19.9. The largest absolute Gasteiger partial charge is 0.497 e. The van der Waals surface area contributed by atoms with Gasteiger partial charge in [0.1, 0.15) is 18.6 Å². The molecule has 0 aliphatic carbocycles. The van der Waals surface area contributed by atoms with Gasteiger partial charge in [0.2, 0.25) is 0 Å².